The number of hydrogen-bond acceptors (Lipinski definition) is 6. The summed E-state index contributed by atoms with van der Waals surface area (Å²) < 4.78 is 32.5. The minimum absolute atomic E-state index is 0.126. The van der Waals surface area contributed by atoms with Gasteiger partial charge in [-0.1, -0.05) is 57.6 Å². The predicted molar refractivity (Wildman–Crippen MR) is 119 cm³/mol. The molecular weight excluding hydrogens is 482 g/mol. The lowest BCUT2D eigenvalue weighted by molar-refractivity contribution is -0.115. The first-order valence-electron chi connectivity index (χ1n) is 8.13. The molecule has 9 heteroatoms. The van der Waals surface area contributed by atoms with E-state index in [4.69, 9.17) is 16.4 Å². The second-order valence-corrected chi connectivity index (χ2v) is 10.4. The molecule has 146 valence electrons. The Morgan fingerprint density at radius 1 is 1.14 bits per heavy atom. The number of rotatable bonds is 4. The lowest BCUT2D eigenvalue weighted by Gasteiger charge is -2.14. The molecule has 28 heavy (non-hydrogen) atoms. The third-order valence-corrected chi connectivity index (χ3v) is 7.15. The van der Waals surface area contributed by atoms with E-state index in [0.717, 1.165) is 21.8 Å². The summed E-state index contributed by atoms with van der Waals surface area (Å²) in [4.78, 5) is 12.5. The van der Waals surface area contributed by atoms with Crippen LogP contribution in [0.5, 0.6) is 5.75 Å². The Labute approximate surface area is 181 Å². The number of carbonyl (C=O) groups is 1. The third kappa shape index (κ3) is 4.48. The fourth-order valence-electron chi connectivity index (χ4n) is 2.99. The van der Waals surface area contributed by atoms with E-state index in [0.29, 0.717) is 25.9 Å². The van der Waals surface area contributed by atoms with Gasteiger partial charge in [-0.05, 0) is 56.2 Å². The molecule has 1 aliphatic heterocycles. The van der Waals surface area contributed by atoms with Crippen LogP contribution in [0.4, 0.5) is 0 Å². The first kappa shape index (κ1) is 21.0. The summed E-state index contributed by atoms with van der Waals surface area (Å²) in [5.41, 5.74) is 2.65. The van der Waals surface area contributed by atoms with Gasteiger partial charge in [-0.2, -0.15) is 8.42 Å². The van der Waals surface area contributed by atoms with Crippen LogP contribution in [0, 0.1) is 20.8 Å². The number of benzene rings is 2. The Kier molecular flexibility index (Phi) is 6.00. The minimum Gasteiger partial charge on any atom is -0.378 e. The van der Waals surface area contributed by atoms with Crippen molar-refractivity contribution in [1.29, 1.82) is 0 Å². The number of hydrogen-bond donors (Lipinski definition) is 1. The number of thioether (sulfide) groups is 1. The summed E-state index contributed by atoms with van der Waals surface area (Å²) in [7, 11) is -4.06. The maximum atomic E-state index is 13.0. The molecule has 0 spiro atoms. The van der Waals surface area contributed by atoms with Gasteiger partial charge in [0.15, 0.2) is 0 Å². The van der Waals surface area contributed by atoms with Gasteiger partial charge in [-0.15, -0.1) is 0 Å². The summed E-state index contributed by atoms with van der Waals surface area (Å²) in [6.07, 6.45) is 1.56. The lowest BCUT2D eigenvalue weighted by Crippen LogP contribution is -2.17. The van der Waals surface area contributed by atoms with E-state index in [9.17, 15) is 13.2 Å². The molecule has 2 aromatic rings. The second kappa shape index (κ2) is 7.98. The van der Waals surface area contributed by atoms with Gasteiger partial charge in [-0.3, -0.25) is 4.79 Å². The van der Waals surface area contributed by atoms with Gasteiger partial charge in [0.2, 0.25) is 0 Å². The van der Waals surface area contributed by atoms with Crippen molar-refractivity contribution in [2.75, 3.05) is 0 Å². The van der Waals surface area contributed by atoms with E-state index in [-0.39, 0.29) is 16.6 Å². The van der Waals surface area contributed by atoms with Gasteiger partial charge in [-0.25, -0.2) is 0 Å². The van der Waals surface area contributed by atoms with Crippen molar-refractivity contribution in [2.24, 2.45) is 0 Å². The van der Waals surface area contributed by atoms with Gasteiger partial charge in [0.25, 0.3) is 5.91 Å². The van der Waals surface area contributed by atoms with Crippen molar-refractivity contribution < 1.29 is 17.4 Å². The second-order valence-electron chi connectivity index (χ2n) is 6.30. The van der Waals surface area contributed by atoms with E-state index in [1.54, 1.807) is 50.3 Å². The van der Waals surface area contributed by atoms with Crippen LogP contribution < -0.4 is 9.50 Å². The molecule has 1 amide bonds. The topological polar surface area (TPSA) is 72.5 Å². The van der Waals surface area contributed by atoms with Crippen molar-refractivity contribution in [2.45, 2.75) is 25.7 Å². The highest BCUT2D eigenvalue weighted by Crippen LogP contribution is 2.33. The maximum Gasteiger partial charge on any atom is 0.339 e. The zero-order valence-corrected chi connectivity index (χ0v) is 19.2. The van der Waals surface area contributed by atoms with Crippen LogP contribution in [0.2, 0.25) is 0 Å². The largest absolute Gasteiger partial charge is 0.378 e. The highest BCUT2D eigenvalue weighted by atomic mass is 79.9. The van der Waals surface area contributed by atoms with Gasteiger partial charge in [0.05, 0.1) is 4.91 Å². The molecule has 5 nitrogen and oxygen atoms in total. The Bertz CT molecular complexity index is 1120. The van der Waals surface area contributed by atoms with Crippen molar-refractivity contribution >= 4 is 66.3 Å². The van der Waals surface area contributed by atoms with Crippen molar-refractivity contribution in [1.82, 2.24) is 5.32 Å². The van der Waals surface area contributed by atoms with Crippen molar-refractivity contribution in [3.8, 4) is 5.75 Å². The number of thiocarbonyl (C=S) groups is 1. The molecule has 0 saturated carbocycles. The standard InChI is InChI=1S/C19H16BrNO4S3/c1-10-6-11(2)17(12(3)7-10)28(23,24)25-15-5-4-14(20)8-13(15)9-16-18(22)21-19(26)27-16/h4-9H,1-3H3,(H,21,22,26)/b16-9+. The first-order valence-corrected chi connectivity index (χ1v) is 11.6. The smallest absolute Gasteiger partial charge is 0.339 e. The van der Waals surface area contributed by atoms with Gasteiger partial charge >= 0.3 is 10.1 Å². The highest BCUT2D eigenvalue weighted by molar-refractivity contribution is 9.10. The molecule has 0 radical (unpaired) electrons. The molecule has 1 saturated heterocycles. The van der Waals surface area contributed by atoms with Crippen LogP contribution in [0.15, 0.2) is 44.6 Å². The molecule has 0 atom stereocenters. The summed E-state index contributed by atoms with van der Waals surface area (Å²) in [5.74, 6) is -0.199. The first-order chi connectivity index (χ1) is 13.1. The Morgan fingerprint density at radius 3 is 2.36 bits per heavy atom. The molecule has 3 rings (SSSR count). The highest BCUT2D eigenvalue weighted by Gasteiger charge is 2.25. The third-order valence-electron chi connectivity index (χ3n) is 3.95. The molecule has 0 aliphatic carbocycles. The van der Waals surface area contributed by atoms with Gasteiger partial charge < -0.3 is 9.50 Å². The summed E-state index contributed by atoms with van der Waals surface area (Å²) in [6.45, 7) is 5.38. The van der Waals surface area contributed by atoms with Crippen LogP contribution in [0.3, 0.4) is 0 Å². The summed E-state index contributed by atoms with van der Waals surface area (Å²) in [6, 6.07) is 8.50. The molecular formula is C19H16BrNO4S3. The van der Waals surface area contributed by atoms with Crippen molar-refractivity contribution in [3.05, 3.63) is 62.0 Å². The molecule has 0 aromatic heterocycles. The van der Waals surface area contributed by atoms with E-state index in [1.807, 2.05) is 6.92 Å². The van der Waals surface area contributed by atoms with Crippen molar-refractivity contribution in [3.63, 3.8) is 0 Å². The van der Waals surface area contributed by atoms with Crippen LogP contribution >= 0.6 is 39.9 Å². The zero-order valence-electron chi connectivity index (χ0n) is 15.2. The predicted octanol–water partition coefficient (Wildman–Crippen LogP) is 4.63. The van der Waals surface area contributed by atoms with Crippen LogP contribution in [0.1, 0.15) is 22.3 Å². The lowest BCUT2D eigenvalue weighted by atomic mass is 10.1. The average molecular weight is 498 g/mol. The molecule has 1 heterocycles. The Hall–Kier alpha value is -1.68. The van der Waals surface area contributed by atoms with E-state index in [2.05, 4.69) is 21.2 Å². The molecule has 0 unspecified atom stereocenters. The maximum absolute atomic E-state index is 13.0. The SMILES string of the molecule is Cc1cc(C)c(S(=O)(=O)Oc2ccc(Br)cc2/C=C2/SC(=S)NC2=O)c(C)c1. The average Bonchev–Trinajstić information content (AvgIpc) is 2.86. The fraction of sp³-hybridized carbons (Fsp3) is 0.158. The number of carbonyl (C=O) groups excluding carboxylic acids is 1. The Balaban J connectivity index is 2.05. The van der Waals surface area contributed by atoms with Gasteiger partial charge in [0, 0.05) is 10.0 Å². The van der Waals surface area contributed by atoms with Crippen LogP contribution in [0.25, 0.3) is 6.08 Å². The van der Waals surface area contributed by atoms with Crippen LogP contribution in [-0.2, 0) is 14.9 Å². The van der Waals surface area contributed by atoms with E-state index in [1.165, 1.54) is 0 Å². The molecule has 0 bridgehead atoms. The van der Waals surface area contributed by atoms with Crippen LogP contribution in [-0.4, -0.2) is 18.6 Å². The zero-order chi connectivity index (χ0) is 20.6. The summed E-state index contributed by atoms with van der Waals surface area (Å²) >= 11 is 9.47. The molecule has 1 N–H and O–H groups in total. The normalized spacial score (nSPS) is 15.8. The fourth-order valence-corrected chi connectivity index (χ4v) is 5.78. The van der Waals surface area contributed by atoms with Gasteiger partial charge in [0.1, 0.15) is 15.0 Å². The monoisotopic (exact) mass is 497 g/mol. The molecule has 1 aliphatic rings. The number of aryl methyl sites for hydroxylation is 3. The molecule has 1 fully saturated rings. The quantitative estimate of drug-likeness (QED) is 0.377. The number of halogens is 1. The minimum atomic E-state index is -4.06. The van der Waals surface area contributed by atoms with E-state index < -0.39 is 10.1 Å². The summed E-state index contributed by atoms with van der Waals surface area (Å²) in [5, 5.41) is 2.53. The Morgan fingerprint density at radius 2 is 1.79 bits per heavy atom. The van der Waals surface area contributed by atoms with E-state index >= 15 is 0 Å². The number of amides is 1. The molecule has 2 aromatic carbocycles. The number of nitrogens with one attached hydrogen (secondary N) is 1.